The molecule has 1 amide bonds. The van der Waals surface area contributed by atoms with Gasteiger partial charge in [0.2, 0.25) is 0 Å². The number of halogens is 1. The molecule has 152 valence electrons. The third-order valence-corrected chi connectivity index (χ3v) is 4.84. The van der Waals surface area contributed by atoms with Crippen molar-refractivity contribution >= 4 is 5.91 Å². The third-order valence-electron chi connectivity index (χ3n) is 4.84. The van der Waals surface area contributed by atoms with Gasteiger partial charge in [0, 0.05) is 18.9 Å². The quantitative estimate of drug-likeness (QED) is 0.477. The maximum atomic E-state index is 13.0. The Balaban J connectivity index is 1.29. The number of hydrogen-bond acceptors (Lipinski definition) is 3. The number of amides is 1. The topological polar surface area (TPSA) is 64.7 Å². The molecule has 0 radical (unpaired) electrons. The molecule has 0 spiro atoms. The molecule has 1 N–H and O–H groups in total. The van der Waals surface area contributed by atoms with Gasteiger partial charge < -0.3 is 5.32 Å². The van der Waals surface area contributed by atoms with Crippen LogP contribution in [0.1, 0.15) is 28.2 Å². The summed E-state index contributed by atoms with van der Waals surface area (Å²) in [4.78, 5) is 12.3. The number of benzene rings is 2. The number of nitrogens with zero attached hydrogens (tertiary/aromatic N) is 4. The van der Waals surface area contributed by atoms with E-state index >= 15 is 0 Å². The van der Waals surface area contributed by atoms with Crippen LogP contribution in [-0.4, -0.2) is 32.0 Å². The van der Waals surface area contributed by atoms with E-state index in [1.165, 1.54) is 12.1 Å². The van der Waals surface area contributed by atoms with E-state index < -0.39 is 0 Å². The van der Waals surface area contributed by atoms with E-state index in [4.69, 9.17) is 0 Å². The lowest BCUT2D eigenvalue weighted by Crippen LogP contribution is -2.25. The number of aryl methyl sites for hydroxylation is 2. The molecular formula is C23H22FN5O. The van der Waals surface area contributed by atoms with Gasteiger partial charge in [-0.2, -0.15) is 10.2 Å². The Kier molecular flexibility index (Phi) is 5.70. The Morgan fingerprint density at radius 3 is 2.47 bits per heavy atom. The summed E-state index contributed by atoms with van der Waals surface area (Å²) in [5.74, 6) is -0.541. The van der Waals surface area contributed by atoms with E-state index in [-0.39, 0.29) is 11.7 Å². The predicted octanol–water partition coefficient (Wildman–Crippen LogP) is 3.87. The predicted molar refractivity (Wildman–Crippen MR) is 112 cm³/mol. The van der Waals surface area contributed by atoms with Crippen molar-refractivity contribution in [2.45, 2.75) is 19.8 Å². The zero-order valence-corrected chi connectivity index (χ0v) is 16.6. The first kappa shape index (κ1) is 19.6. The van der Waals surface area contributed by atoms with E-state index in [0.717, 1.165) is 29.8 Å². The summed E-state index contributed by atoms with van der Waals surface area (Å²) in [7, 11) is 0. The molecule has 0 saturated heterocycles. The molecule has 0 unspecified atom stereocenters. The number of rotatable bonds is 7. The first-order valence-electron chi connectivity index (χ1n) is 9.80. The Hall–Kier alpha value is -3.74. The molecule has 0 saturated carbocycles. The normalized spacial score (nSPS) is 10.9. The van der Waals surface area contributed by atoms with Crippen LogP contribution in [-0.2, 0) is 6.42 Å². The Labute approximate surface area is 174 Å². The Morgan fingerprint density at radius 2 is 1.70 bits per heavy atom. The Morgan fingerprint density at radius 1 is 0.967 bits per heavy atom. The molecule has 0 bridgehead atoms. The summed E-state index contributed by atoms with van der Waals surface area (Å²) >= 11 is 0. The SMILES string of the molecule is Cc1nn(-c2ccccc2)cc1CCCNC(=O)c1ccn(-c2ccc(F)cc2)n1. The molecule has 30 heavy (non-hydrogen) atoms. The number of carbonyl (C=O) groups excluding carboxylic acids is 1. The van der Waals surface area contributed by atoms with Gasteiger partial charge in [-0.25, -0.2) is 13.8 Å². The monoisotopic (exact) mass is 403 g/mol. The van der Waals surface area contributed by atoms with Crippen LogP contribution in [0, 0.1) is 12.7 Å². The average Bonchev–Trinajstić information content (AvgIpc) is 3.40. The molecule has 0 aliphatic heterocycles. The van der Waals surface area contributed by atoms with Gasteiger partial charge in [0.1, 0.15) is 5.82 Å². The van der Waals surface area contributed by atoms with Crippen molar-refractivity contribution in [1.82, 2.24) is 24.9 Å². The first-order valence-corrected chi connectivity index (χ1v) is 9.80. The minimum Gasteiger partial charge on any atom is -0.351 e. The standard InChI is InChI=1S/C23H22FN5O/c1-17-18(16-29(26-17)20-7-3-2-4-8-20)6-5-14-25-23(30)22-13-15-28(27-22)21-11-9-19(24)10-12-21/h2-4,7-13,15-16H,5-6,14H2,1H3,(H,25,30). The van der Waals surface area contributed by atoms with Crippen molar-refractivity contribution in [3.63, 3.8) is 0 Å². The molecule has 2 heterocycles. The van der Waals surface area contributed by atoms with Gasteiger partial charge in [0.25, 0.3) is 5.91 Å². The highest BCUT2D eigenvalue weighted by Crippen LogP contribution is 2.13. The van der Waals surface area contributed by atoms with Crippen molar-refractivity contribution in [1.29, 1.82) is 0 Å². The highest BCUT2D eigenvalue weighted by molar-refractivity contribution is 5.92. The molecule has 2 aromatic carbocycles. The van der Waals surface area contributed by atoms with E-state index in [9.17, 15) is 9.18 Å². The van der Waals surface area contributed by atoms with Crippen molar-refractivity contribution in [3.05, 3.63) is 95.8 Å². The molecule has 4 aromatic rings. The van der Waals surface area contributed by atoms with E-state index in [0.29, 0.717) is 17.9 Å². The fourth-order valence-electron chi connectivity index (χ4n) is 3.21. The Bertz CT molecular complexity index is 1130. The summed E-state index contributed by atoms with van der Waals surface area (Å²) in [5.41, 5.74) is 4.20. The van der Waals surface area contributed by atoms with Crippen LogP contribution in [0.4, 0.5) is 4.39 Å². The van der Waals surface area contributed by atoms with Crippen molar-refractivity contribution in [2.24, 2.45) is 0 Å². The molecule has 0 atom stereocenters. The van der Waals surface area contributed by atoms with Gasteiger partial charge in [-0.15, -0.1) is 0 Å². The van der Waals surface area contributed by atoms with Crippen LogP contribution < -0.4 is 5.32 Å². The van der Waals surface area contributed by atoms with E-state index in [1.54, 1.807) is 29.1 Å². The number of hydrogen-bond donors (Lipinski definition) is 1. The van der Waals surface area contributed by atoms with Gasteiger partial charge in [-0.05, 0) is 67.8 Å². The zero-order chi connectivity index (χ0) is 20.9. The minimum atomic E-state index is -0.312. The largest absolute Gasteiger partial charge is 0.351 e. The molecule has 7 heteroatoms. The second kappa shape index (κ2) is 8.73. The van der Waals surface area contributed by atoms with Crippen LogP contribution >= 0.6 is 0 Å². The van der Waals surface area contributed by atoms with E-state index in [2.05, 4.69) is 15.5 Å². The molecule has 2 aromatic heterocycles. The fraction of sp³-hybridized carbons (Fsp3) is 0.174. The number of nitrogens with one attached hydrogen (secondary N) is 1. The number of aromatic nitrogens is 4. The van der Waals surface area contributed by atoms with Gasteiger partial charge in [0.05, 0.1) is 17.1 Å². The maximum Gasteiger partial charge on any atom is 0.271 e. The highest BCUT2D eigenvalue weighted by Gasteiger charge is 2.11. The second-order valence-corrected chi connectivity index (χ2v) is 7.00. The van der Waals surface area contributed by atoms with Gasteiger partial charge >= 0.3 is 0 Å². The summed E-state index contributed by atoms with van der Waals surface area (Å²) in [6.07, 6.45) is 5.34. The zero-order valence-electron chi connectivity index (χ0n) is 16.6. The summed E-state index contributed by atoms with van der Waals surface area (Å²) < 4.78 is 16.5. The third kappa shape index (κ3) is 4.46. The van der Waals surface area contributed by atoms with Crippen LogP contribution in [0.2, 0.25) is 0 Å². The van der Waals surface area contributed by atoms with E-state index in [1.807, 2.05) is 48.1 Å². The van der Waals surface area contributed by atoms with Crippen molar-refractivity contribution < 1.29 is 9.18 Å². The highest BCUT2D eigenvalue weighted by atomic mass is 19.1. The first-order chi connectivity index (χ1) is 14.6. The van der Waals surface area contributed by atoms with Crippen molar-refractivity contribution in [3.8, 4) is 11.4 Å². The number of para-hydroxylation sites is 1. The molecular weight excluding hydrogens is 381 g/mol. The lowest BCUT2D eigenvalue weighted by atomic mass is 10.1. The summed E-state index contributed by atoms with van der Waals surface area (Å²) in [6.45, 7) is 2.54. The molecule has 0 fully saturated rings. The molecule has 0 aliphatic carbocycles. The number of carbonyl (C=O) groups is 1. The summed E-state index contributed by atoms with van der Waals surface area (Å²) in [5, 5.41) is 11.7. The molecule has 4 rings (SSSR count). The second-order valence-electron chi connectivity index (χ2n) is 7.00. The molecule has 6 nitrogen and oxygen atoms in total. The molecule has 0 aliphatic rings. The fourth-order valence-corrected chi connectivity index (χ4v) is 3.21. The van der Waals surface area contributed by atoms with Gasteiger partial charge in [0.15, 0.2) is 5.69 Å². The van der Waals surface area contributed by atoms with Gasteiger partial charge in [-0.1, -0.05) is 18.2 Å². The maximum absolute atomic E-state index is 13.0. The summed E-state index contributed by atoms with van der Waals surface area (Å²) in [6, 6.07) is 17.6. The van der Waals surface area contributed by atoms with Crippen molar-refractivity contribution in [2.75, 3.05) is 6.54 Å². The lowest BCUT2D eigenvalue weighted by molar-refractivity contribution is 0.0948. The van der Waals surface area contributed by atoms with Crippen LogP contribution in [0.5, 0.6) is 0 Å². The average molecular weight is 403 g/mol. The van der Waals surface area contributed by atoms with Crippen LogP contribution in [0.25, 0.3) is 11.4 Å². The minimum absolute atomic E-state index is 0.229. The smallest absolute Gasteiger partial charge is 0.271 e. The lowest BCUT2D eigenvalue weighted by Gasteiger charge is -2.03. The van der Waals surface area contributed by atoms with Crippen LogP contribution in [0.3, 0.4) is 0 Å². The van der Waals surface area contributed by atoms with Crippen LogP contribution in [0.15, 0.2) is 73.1 Å². The van der Waals surface area contributed by atoms with Gasteiger partial charge in [-0.3, -0.25) is 4.79 Å².